The van der Waals surface area contributed by atoms with Gasteiger partial charge in [-0.1, -0.05) is 36.4 Å². The lowest BCUT2D eigenvalue weighted by Crippen LogP contribution is -2.17. The Labute approximate surface area is 183 Å². The number of non-ortho nitro benzene ring substituents is 1. The zero-order valence-corrected chi connectivity index (χ0v) is 17.2. The van der Waals surface area contributed by atoms with Crippen LogP contribution in [0.15, 0.2) is 77.9 Å². The summed E-state index contributed by atoms with van der Waals surface area (Å²) in [4.78, 5) is 22.7. The lowest BCUT2D eigenvalue weighted by atomic mass is 10.1. The minimum Gasteiger partial charge on any atom is -0.340 e. The van der Waals surface area contributed by atoms with Gasteiger partial charge in [-0.3, -0.25) is 14.9 Å². The summed E-state index contributed by atoms with van der Waals surface area (Å²) in [6.07, 6.45) is 1.56. The predicted molar refractivity (Wildman–Crippen MR) is 120 cm³/mol. The molecule has 8 heteroatoms. The van der Waals surface area contributed by atoms with Gasteiger partial charge in [0.2, 0.25) is 0 Å². The molecule has 0 unspecified atom stereocenters. The van der Waals surface area contributed by atoms with Crippen molar-refractivity contribution in [2.75, 3.05) is 0 Å². The maximum absolute atomic E-state index is 13.3. The Morgan fingerprint density at radius 3 is 2.62 bits per heavy atom. The molecular weight excluding hydrogens is 411 g/mol. The number of halogens is 1. The van der Waals surface area contributed by atoms with E-state index in [0.29, 0.717) is 6.54 Å². The van der Waals surface area contributed by atoms with Crippen LogP contribution in [0.5, 0.6) is 0 Å². The summed E-state index contributed by atoms with van der Waals surface area (Å²) < 4.78 is 15.4. The number of rotatable bonds is 6. The summed E-state index contributed by atoms with van der Waals surface area (Å²) in [6, 6.07) is 19.6. The highest BCUT2D eigenvalue weighted by Crippen LogP contribution is 2.25. The Bertz CT molecular complexity index is 1340. The van der Waals surface area contributed by atoms with E-state index in [9.17, 15) is 19.3 Å². The molecule has 0 fully saturated rings. The predicted octanol–water partition coefficient (Wildman–Crippen LogP) is 4.81. The molecule has 4 aromatic rings. The quantitative estimate of drug-likeness (QED) is 0.270. The number of fused-ring (bicyclic) bond motifs is 1. The lowest BCUT2D eigenvalue weighted by molar-refractivity contribution is -0.384. The summed E-state index contributed by atoms with van der Waals surface area (Å²) in [5.74, 6) is -0.826. The smallest absolute Gasteiger partial charge is 0.271 e. The first-order valence-corrected chi connectivity index (χ1v) is 9.84. The normalized spacial score (nSPS) is 11.2. The average molecular weight is 430 g/mol. The maximum Gasteiger partial charge on any atom is 0.271 e. The van der Waals surface area contributed by atoms with Gasteiger partial charge in [0.15, 0.2) is 0 Å². The summed E-state index contributed by atoms with van der Waals surface area (Å²) >= 11 is 0. The van der Waals surface area contributed by atoms with Gasteiger partial charge in [0.05, 0.1) is 11.1 Å². The number of nitrogens with one attached hydrogen (secondary N) is 1. The Kier molecular flexibility index (Phi) is 5.76. The number of benzene rings is 3. The number of amides is 1. The molecule has 0 atom stereocenters. The Morgan fingerprint density at radius 2 is 1.88 bits per heavy atom. The second-order valence-corrected chi connectivity index (χ2v) is 7.24. The highest BCUT2D eigenvalue weighted by molar-refractivity contribution is 6.02. The van der Waals surface area contributed by atoms with E-state index in [4.69, 9.17) is 0 Å². The molecule has 0 bridgehead atoms. The molecule has 0 aliphatic heterocycles. The van der Waals surface area contributed by atoms with Crippen LogP contribution in [0.25, 0.3) is 10.9 Å². The van der Waals surface area contributed by atoms with Gasteiger partial charge >= 0.3 is 0 Å². The van der Waals surface area contributed by atoms with Crippen LogP contribution in [-0.2, 0) is 6.54 Å². The van der Waals surface area contributed by atoms with Crippen molar-refractivity contribution in [3.63, 3.8) is 0 Å². The number of carbonyl (C=O) groups excluding carboxylic acids is 1. The van der Waals surface area contributed by atoms with Crippen molar-refractivity contribution in [3.05, 3.63) is 111 Å². The standard InChI is InChI=1S/C24H19FN4O3/c1-16-22(14-26-27-24(30)18-5-4-6-20(13-18)29(31)32)21-7-2-3-8-23(21)28(16)15-17-9-11-19(25)12-10-17/h2-14H,15H2,1H3,(H,27,30)/b26-14-. The van der Waals surface area contributed by atoms with Gasteiger partial charge in [-0.05, 0) is 36.8 Å². The Hall–Kier alpha value is -4.33. The van der Waals surface area contributed by atoms with E-state index in [1.54, 1.807) is 18.3 Å². The molecule has 0 saturated heterocycles. The minimum absolute atomic E-state index is 0.145. The zero-order valence-electron chi connectivity index (χ0n) is 17.2. The van der Waals surface area contributed by atoms with E-state index in [2.05, 4.69) is 15.1 Å². The molecule has 4 rings (SSSR count). The fourth-order valence-corrected chi connectivity index (χ4v) is 3.58. The van der Waals surface area contributed by atoms with E-state index in [1.807, 2.05) is 31.2 Å². The van der Waals surface area contributed by atoms with Crippen molar-refractivity contribution >= 4 is 28.7 Å². The number of para-hydroxylation sites is 1. The molecule has 1 amide bonds. The number of hydrazone groups is 1. The van der Waals surface area contributed by atoms with Crippen LogP contribution in [0.4, 0.5) is 10.1 Å². The molecule has 1 aromatic heterocycles. The first-order valence-electron chi connectivity index (χ1n) is 9.84. The Morgan fingerprint density at radius 1 is 1.12 bits per heavy atom. The van der Waals surface area contributed by atoms with Gasteiger partial charge in [0.25, 0.3) is 11.6 Å². The summed E-state index contributed by atoms with van der Waals surface area (Å²) in [5.41, 5.74) is 6.12. The van der Waals surface area contributed by atoms with Crippen LogP contribution in [0, 0.1) is 22.9 Å². The third-order valence-electron chi connectivity index (χ3n) is 5.21. The summed E-state index contributed by atoms with van der Waals surface area (Å²) in [7, 11) is 0. The highest BCUT2D eigenvalue weighted by atomic mass is 19.1. The minimum atomic E-state index is -0.556. The van der Waals surface area contributed by atoms with E-state index in [0.717, 1.165) is 27.7 Å². The number of aromatic nitrogens is 1. The van der Waals surface area contributed by atoms with Crippen LogP contribution in [0.1, 0.15) is 27.2 Å². The molecular formula is C24H19FN4O3. The van der Waals surface area contributed by atoms with Crippen LogP contribution in [-0.4, -0.2) is 21.6 Å². The van der Waals surface area contributed by atoms with Crippen molar-refractivity contribution in [1.29, 1.82) is 0 Å². The number of nitro benzene ring substituents is 1. The van der Waals surface area contributed by atoms with Crippen molar-refractivity contribution < 1.29 is 14.1 Å². The summed E-state index contributed by atoms with van der Waals surface area (Å²) in [6.45, 7) is 2.51. The van der Waals surface area contributed by atoms with E-state index < -0.39 is 10.8 Å². The maximum atomic E-state index is 13.3. The molecule has 1 heterocycles. The van der Waals surface area contributed by atoms with E-state index in [1.165, 1.54) is 36.4 Å². The van der Waals surface area contributed by atoms with Gasteiger partial charge in [0, 0.05) is 46.4 Å². The summed E-state index contributed by atoms with van der Waals surface area (Å²) in [5, 5.41) is 15.9. The molecule has 32 heavy (non-hydrogen) atoms. The third kappa shape index (κ3) is 4.24. The number of nitrogens with zero attached hydrogens (tertiary/aromatic N) is 3. The van der Waals surface area contributed by atoms with Crippen LogP contribution >= 0.6 is 0 Å². The zero-order chi connectivity index (χ0) is 22.7. The first kappa shape index (κ1) is 20.9. The average Bonchev–Trinajstić information content (AvgIpc) is 3.06. The fraction of sp³-hybridized carbons (Fsp3) is 0.0833. The molecule has 7 nitrogen and oxygen atoms in total. The largest absolute Gasteiger partial charge is 0.340 e. The van der Waals surface area contributed by atoms with Crippen LogP contribution in [0.2, 0.25) is 0 Å². The number of nitro groups is 1. The van der Waals surface area contributed by atoms with Gasteiger partial charge in [-0.2, -0.15) is 5.10 Å². The first-order chi connectivity index (χ1) is 15.4. The molecule has 0 spiro atoms. The fourth-order valence-electron chi connectivity index (χ4n) is 3.58. The molecule has 160 valence electrons. The number of hydrogen-bond donors (Lipinski definition) is 1. The molecule has 0 aliphatic rings. The molecule has 1 N–H and O–H groups in total. The van der Waals surface area contributed by atoms with Crippen LogP contribution < -0.4 is 5.43 Å². The van der Waals surface area contributed by atoms with Crippen LogP contribution in [0.3, 0.4) is 0 Å². The van der Waals surface area contributed by atoms with Crippen molar-refractivity contribution in [2.45, 2.75) is 13.5 Å². The second kappa shape index (κ2) is 8.81. The SMILES string of the molecule is Cc1c(/C=N\NC(=O)c2cccc([N+](=O)[O-])c2)c2ccccc2n1Cc1ccc(F)cc1. The highest BCUT2D eigenvalue weighted by Gasteiger charge is 2.14. The Balaban J connectivity index is 1.60. The lowest BCUT2D eigenvalue weighted by Gasteiger charge is -2.08. The number of hydrogen-bond acceptors (Lipinski definition) is 4. The molecule has 0 saturated carbocycles. The van der Waals surface area contributed by atoms with Gasteiger partial charge in [0.1, 0.15) is 5.82 Å². The third-order valence-corrected chi connectivity index (χ3v) is 5.21. The van der Waals surface area contributed by atoms with Gasteiger partial charge < -0.3 is 4.57 Å². The van der Waals surface area contributed by atoms with Crippen molar-refractivity contribution in [2.24, 2.45) is 5.10 Å². The second-order valence-electron chi connectivity index (χ2n) is 7.24. The molecule has 0 aliphatic carbocycles. The van der Waals surface area contributed by atoms with Gasteiger partial charge in [-0.25, -0.2) is 9.82 Å². The van der Waals surface area contributed by atoms with E-state index in [-0.39, 0.29) is 17.1 Å². The molecule has 3 aromatic carbocycles. The van der Waals surface area contributed by atoms with E-state index >= 15 is 0 Å². The monoisotopic (exact) mass is 430 g/mol. The van der Waals surface area contributed by atoms with Crippen molar-refractivity contribution in [1.82, 2.24) is 9.99 Å². The topological polar surface area (TPSA) is 89.5 Å². The van der Waals surface area contributed by atoms with Gasteiger partial charge in [-0.15, -0.1) is 0 Å². The number of carbonyl (C=O) groups is 1. The van der Waals surface area contributed by atoms with Crippen molar-refractivity contribution in [3.8, 4) is 0 Å². The molecule has 0 radical (unpaired) electrons.